The van der Waals surface area contributed by atoms with E-state index in [2.05, 4.69) is 5.32 Å². The summed E-state index contributed by atoms with van der Waals surface area (Å²) < 4.78 is 72.8. The largest absolute Gasteiger partial charge is 0.471 e. The van der Waals surface area contributed by atoms with E-state index in [1.165, 1.54) is 49.0 Å². The number of hydrogen-bond donors (Lipinski definition) is 3. The molecule has 0 aromatic heterocycles. The molecule has 332 valence electrons. The van der Waals surface area contributed by atoms with Gasteiger partial charge in [-0.1, -0.05) is 97.0 Å². The number of halogens is 3. The van der Waals surface area contributed by atoms with Crippen molar-refractivity contribution < 1.29 is 50.3 Å². The van der Waals surface area contributed by atoms with Crippen molar-refractivity contribution in [3.05, 3.63) is 77.4 Å². The molecule has 1 fully saturated rings. The van der Waals surface area contributed by atoms with Gasteiger partial charge in [0.2, 0.25) is 11.8 Å². The molecule has 1 saturated carbocycles. The van der Waals surface area contributed by atoms with E-state index in [1.807, 2.05) is 54.2 Å². The number of alkyl halides is 3. The molecule has 5 amide bonds. The van der Waals surface area contributed by atoms with E-state index in [4.69, 9.17) is 4.74 Å². The summed E-state index contributed by atoms with van der Waals surface area (Å²) in [7, 11) is -1.48. The van der Waals surface area contributed by atoms with Crippen LogP contribution in [-0.4, -0.2) is 91.9 Å². The maximum Gasteiger partial charge on any atom is 0.471 e. The second-order valence-electron chi connectivity index (χ2n) is 18.4. The molecule has 0 bridgehead atoms. The third-order valence-electron chi connectivity index (χ3n) is 10.5. The minimum atomic E-state index is -5.08. The predicted octanol–water partition coefficient (Wildman–Crippen LogP) is 6.33. The maximum absolute atomic E-state index is 14.5. The zero-order valence-electron chi connectivity index (χ0n) is 36.7. The van der Waals surface area contributed by atoms with E-state index >= 15 is 0 Å². The number of hydrogen-bond acceptors (Lipinski definition) is 8. The first-order chi connectivity index (χ1) is 27.2. The summed E-state index contributed by atoms with van der Waals surface area (Å²) in [4.78, 5) is 69.6. The van der Waals surface area contributed by atoms with Crippen LogP contribution in [0.15, 0.2) is 71.1 Å². The number of benzene rings is 2. The molecule has 3 rings (SSSR count). The van der Waals surface area contributed by atoms with Crippen LogP contribution < -0.4 is 15.4 Å². The third-order valence-corrected chi connectivity index (χ3v) is 11.8. The maximum atomic E-state index is 14.5. The van der Waals surface area contributed by atoms with Crippen molar-refractivity contribution in [2.75, 3.05) is 14.1 Å². The van der Waals surface area contributed by atoms with Crippen molar-refractivity contribution >= 4 is 39.7 Å². The zero-order chi connectivity index (χ0) is 46.0. The number of nitrogens with zero attached hydrogens (tertiary/aromatic N) is 2. The highest BCUT2D eigenvalue weighted by Crippen LogP contribution is 2.46. The summed E-state index contributed by atoms with van der Waals surface area (Å²) in [6, 6.07) is 10.9. The van der Waals surface area contributed by atoms with Gasteiger partial charge < -0.3 is 20.3 Å². The van der Waals surface area contributed by atoms with Crippen LogP contribution in [0.3, 0.4) is 0 Å². The Hall–Kier alpha value is -4.93. The van der Waals surface area contributed by atoms with Crippen LogP contribution in [0.2, 0.25) is 0 Å². The van der Waals surface area contributed by atoms with Crippen LogP contribution in [0.25, 0.3) is 0 Å². The summed E-state index contributed by atoms with van der Waals surface area (Å²) in [5.41, 5.74) is -2.96. The highest BCUT2D eigenvalue weighted by Gasteiger charge is 2.51. The first kappa shape index (κ1) is 49.4. The van der Waals surface area contributed by atoms with Gasteiger partial charge in [0.1, 0.15) is 17.7 Å². The van der Waals surface area contributed by atoms with Gasteiger partial charge in [-0.05, 0) is 75.1 Å². The molecule has 0 spiro atoms. The fourth-order valence-corrected chi connectivity index (χ4v) is 7.89. The number of likely N-dealkylation sites (N-methyl/N-ethyl adjacent to an activating group) is 2. The Kier molecular flexibility index (Phi) is 14.8. The minimum Gasteiger partial charge on any atom is -0.444 e. The normalized spacial score (nSPS) is 16.2. The van der Waals surface area contributed by atoms with Crippen molar-refractivity contribution in [2.24, 2.45) is 11.3 Å². The molecule has 13 nitrogen and oxygen atoms in total. The first-order valence-corrected chi connectivity index (χ1v) is 21.1. The number of nitrogens with one attached hydrogen (secondary N) is 3. The van der Waals surface area contributed by atoms with Gasteiger partial charge >= 0.3 is 18.2 Å². The third kappa shape index (κ3) is 12.1. The number of carbonyl (C=O) groups is 5. The average molecular weight is 864 g/mol. The van der Waals surface area contributed by atoms with Crippen molar-refractivity contribution in [3.63, 3.8) is 0 Å². The quantitative estimate of drug-likeness (QED) is 0.185. The summed E-state index contributed by atoms with van der Waals surface area (Å²) in [5, 5.41) is 4.91. The lowest BCUT2D eigenvalue weighted by atomic mass is 9.76. The van der Waals surface area contributed by atoms with E-state index in [9.17, 15) is 45.6 Å². The zero-order valence-corrected chi connectivity index (χ0v) is 37.5. The molecular formula is C43H60F3N5O8S. The van der Waals surface area contributed by atoms with E-state index in [0.717, 1.165) is 17.7 Å². The minimum absolute atomic E-state index is 0.0413. The number of ether oxygens (including phenoxy) is 1. The van der Waals surface area contributed by atoms with Crippen molar-refractivity contribution in [1.29, 1.82) is 0 Å². The average Bonchev–Trinajstić information content (AvgIpc) is 3.91. The summed E-state index contributed by atoms with van der Waals surface area (Å²) in [6.45, 7) is 19.1. The second-order valence-corrected chi connectivity index (χ2v) is 20.1. The Morgan fingerprint density at radius 3 is 1.82 bits per heavy atom. The summed E-state index contributed by atoms with van der Waals surface area (Å²) in [6.07, 6.45) is -3.90. The summed E-state index contributed by atoms with van der Waals surface area (Å²) in [5.74, 6) is -4.52. The van der Waals surface area contributed by atoms with Gasteiger partial charge in [0, 0.05) is 25.1 Å². The molecule has 2 aromatic carbocycles. The van der Waals surface area contributed by atoms with Crippen LogP contribution in [0.4, 0.5) is 18.0 Å². The van der Waals surface area contributed by atoms with Gasteiger partial charge in [-0.15, -0.1) is 0 Å². The fourth-order valence-electron chi connectivity index (χ4n) is 6.87. The van der Waals surface area contributed by atoms with Crippen LogP contribution in [-0.2, 0) is 44.9 Å². The molecule has 17 heteroatoms. The standard InChI is InChI=1S/C43H60F3N5O8S/c1-26(2)31(25-27(3)34(52)49-60(57,58)30-21-19-29(20-22-30)42(23-24-42)48-37(55)43(44,45)46)50(12)36(54)32(39(4,5)6)47-35(53)33(51(13)38(56)59-40(7,8)9)41(10,11)28-17-15-14-16-18-28/h14-22,25-26,31-33H,23-24H2,1-13H3,(H,47,53)(H,48,55)(H,49,52). The fraction of sp³-hybridized carbons (Fsp3) is 0.558. The van der Waals surface area contributed by atoms with Gasteiger partial charge in [-0.3, -0.25) is 24.1 Å². The molecule has 1 aliphatic rings. The SMILES string of the molecule is CC(=CC(C(C)C)N(C)C(=O)C(NC(=O)C(N(C)C(=O)OC(C)(C)C)C(C)(C)c1ccccc1)C(C)(C)C)C(=O)NS(=O)(=O)c1ccc(C2(NC(=O)C(F)(F)F)CC2)cc1. The van der Waals surface area contributed by atoms with E-state index < -0.39 is 86.0 Å². The molecule has 60 heavy (non-hydrogen) atoms. The monoisotopic (exact) mass is 863 g/mol. The summed E-state index contributed by atoms with van der Waals surface area (Å²) >= 11 is 0. The lowest BCUT2D eigenvalue weighted by molar-refractivity contribution is -0.174. The molecule has 3 N–H and O–H groups in total. The molecule has 1 aliphatic carbocycles. The highest BCUT2D eigenvalue weighted by molar-refractivity contribution is 7.90. The topological polar surface area (TPSA) is 171 Å². The first-order valence-electron chi connectivity index (χ1n) is 19.6. The molecule has 3 atom stereocenters. The molecule has 0 radical (unpaired) electrons. The van der Waals surface area contributed by atoms with Gasteiger partial charge in [-0.2, -0.15) is 13.2 Å². The van der Waals surface area contributed by atoms with E-state index in [0.29, 0.717) is 0 Å². The van der Waals surface area contributed by atoms with Crippen LogP contribution >= 0.6 is 0 Å². The Bertz CT molecular complexity index is 2050. The Morgan fingerprint density at radius 2 is 1.37 bits per heavy atom. The van der Waals surface area contributed by atoms with Crippen LogP contribution in [0.5, 0.6) is 0 Å². The van der Waals surface area contributed by atoms with Gasteiger partial charge in [0.25, 0.3) is 15.9 Å². The second kappa shape index (κ2) is 18.0. The number of rotatable bonds is 14. The Morgan fingerprint density at radius 1 is 0.833 bits per heavy atom. The molecule has 0 aliphatic heterocycles. The lowest BCUT2D eigenvalue weighted by Crippen LogP contribution is -2.63. The van der Waals surface area contributed by atoms with Crippen molar-refractivity contribution in [1.82, 2.24) is 25.2 Å². The Balaban J connectivity index is 1.88. The van der Waals surface area contributed by atoms with Gasteiger partial charge in [0.15, 0.2) is 0 Å². The molecule has 3 unspecified atom stereocenters. The van der Waals surface area contributed by atoms with E-state index in [-0.39, 0.29) is 34.8 Å². The smallest absolute Gasteiger partial charge is 0.444 e. The predicted molar refractivity (Wildman–Crippen MR) is 221 cm³/mol. The van der Waals surface area contributed by atoms with Crippen molar-refractivity contribution in [2.45, 2.75) is 135 Å². The number of carbonyl (C=O) groups excluding carboxylic acids is 5. The van der Waals surface area contributed by atoms with Gasteiger partial charge in [-0.25, -0.2) is 17.9 Å². The number of amides is 5. The molecule has 0 saturated heterocycles. The van der Waals surface area contributed by atoms with Gasteiger partial charge in [0.05, 0.1) is 16.5 Å². The van der Waals surface area contributed by atoms with Crippen LogP contribution in [0, 0.1) is 11.3 Å². The van der Waals surface area contributed by atoms with Crippen molar-refractivity contribution in [3.8, 4) is 0 Å². The Labute approximate surface area is 351 Å². The van der Waals surface area contributed by atoms with Crippen LogP contribution in [0.1, 0.15) is 100 Å². The number of sulfonamides is 1. The molecule has 2 aromatic rings. The lowest BCUT2D eigenvalue weighted by Gasteiger charge is -2.42. The molecular weight excluding hydrogens is 804 g/mol. The van der Waals surface area contributed by atoms with E-state index in [1.54, 1.807) is 55.4 Å². The molecule has 0 heterocycles. The highest BCUT2D eigenvalue weighted by atomic mass is 32.2.